The Morgan fingerprint density at radius 2 is 1.85 bits per heavy atom. The van der Waals surface area contributed by atoms with Crippen LogP contribution in [0.5, 0.6) is 0 Å². The van der Waals surface area contributed by atoms with Crippen molar-refractivity contribution in [3.63, 3.8) is 0 Å². The molecule has 3 aliphatic rings. The van der Waals surface area contributed by atoms with Gasteiger partial charge in [-0.05, 0) is 57.1 Å². The number of benzene rings is 1. The van der Waals surface area contributed by atoms with Crippen molar-refractivity contribution in [2.45, 2.75) is 51.5 Å². The summed E-state index contributed by atoms with van der Waals surface area (Å²) in [5.74, 6) is 2.12. The molecule has 8 heteroatoms. The van der Waals surface area contributed by atoms with Gasteiger partial charge in [-0.1, -0.05) is 30.9 Å². The van der Waals surface area contributed by atoms with E-state index in [1.54, 1.807) is 0 Å². The molecule has 40 heavy (non-hydrogen) atoms. The minimum absolute atomic E-state index is 0.193. The lowest BCUT2D eigenvalue weighted by Crippen LogP contribution is -2.38. The molecule has 2 saturated heterocycles. The smallest absolute Gasteiger partial charge is 0.160 e. The molecule has 8 nitrogen and oxygen atoms in total. The van der Waals surface area contributed by atoms with E-state index in [1.807, 2.05) is 0 Å². The number of hydrogen-bond donors (Lipinski definition) is 1. The van der Waals surface area contributed by atoms with Crippen LogP contribution in [0.3, 0.4) is 0 Å². The Hall–Kier alpha value is -3.52. The van der Waals surface area contributed by atoms with E-state index >= 15 is 0 Å². The predicted molar refractivity (Wildman–Crippen MR) is 165 cm³/mol. The van der Waals surface area contributed by atoms with Gasteiger partial charge in [0.05, 0.1) is 11.7 Å². The molecule has 0 radical (unpaired) electrons. The summed E-state index contributed by atoms with van der Waals surface area (Å²) >= 11 is 0. The largest absolute Gasteiger partial charge is 0.372 e. The van der Waals surface area contributed by atoms with E-state index in [0.717, 1.165) is 92.9 Å². The molecule has 1 aromatic carbocycles. The second kappa shape index (κ2) is 11.2. The topological polar surface area (TPSA) is 69.2 Å². The monoisotopic (exact) mass is 540 g/mol. The summed E-state index contributed by atoms with van der Waals surface area (Å²) in [7, 11) is 2.16. The molecule has 1 unspecified atom stereocenters. The number of nitrogens with two attached hydrogens (primary N) is 1. The highest BCUT2D eigenvalue weighted by Gasteiger charge is 2.30. The Morgan fingerprint density at radius 1 is 1.00 bits per heavy atom. The van der Waals surface area contributed by atoms with Crippen molar-refractivity contribution in [3.05, 3.63) is 71.6 Å². The predicted octanol–water partition coefficient (Wildman–Crippen LogP) is 4.60. The Labute approximate surface area is 238 Å². The van der Waals surface area contributed by atoms with Crippen molar-refractivity contribution in [3.8, 4) is 0 Å². The minimum atomic E-state index is 0.193. The Balaban J connectivity index is 1.47. The van der Waals surface area contributed by atoms with Crippen LogP contribution < -0.4 is 15.5 Å². The van der Waals surface area contributed by atoms with Gasteiger partial charge in [-0.3, -0.25) is 0 Å². The van der Waals surface area contributed by atoms with Crippen LogP contribution >= 0.6 is 0 Å². The van der Waals surface area contributed by atoms with Gasteiger partial charge in [-0.25, -0.2) is 4.98 Å². The minimum Gasteiger partial charge on any atom is -0.372 e. The third-order valence-electron chi connectivity index (χ3n) is 9.01. The van der Waals surface area contributed by atoms with Crippen molar-refractivity contribution in [2.75, 3.05) is 62.7 Å². The highest BCUT2D eigenvalue weighted by atomic mass is 15.4. The molecule has 212 valence electrons. The first-order valence-electron chi connectivity index (χ1n) is 15.0. The zero-order valence-corrected chi connectivity index (χ0v) is 24.3. The molecule has 3 aliphatic heterocycles. The van der Waals surface area contributed by atoms with Crippen molar-refractivity contribution < 1.29 is 0 Å². The van der Waals surface area contributed by atoms with Crippen molar-refractivity contribution in [1.29, 1.82) is 0 Å². The first-order valence-corrected chi connectivity index (χ1v) is 15.0. The van der Waals surface area contributed by atoms with Gasteiger partial charge in [-0.15, -0.1) is 0 Å². The lowest BCUT2D eigenvalue weighted by molar-refractivity contribution is 0.226. The van der Waals surface area contributed by atoms with Gasteiger partial charge in [0.1, 0.15) is 11.6 Å². The van der Waals surface area contributed by atoms with Gasteiger partial charge in [-0.2, -0.15) is 9.61 Å². The van der Waals surface area contributed by atoms with E-state index in [9.17, 15) is 0 Å². The molecular weight excluding hydrogens is 496 g/mol. The number of hydrogen-bond acceptors (Lipinski definition) is 7. The standard InChI is InChI=1S/C32H44N8/c1-23-11-12-26-9-7-13-37(24(2)22-33)18-17-36(4)32-21-30(38-14-8-15-38)34-31-20-28(35-40(31)32)29-10-5-6-16-39(29)25(3)27(26)19-23/h11-12,19-21,29H,2-3,5-10,13-18,22,33H2,1,4H3. The fourth-order valence-corrected chi connectivity index (χ4v) is 6.40. The summed E-state index contributed by atoms with van der Waals surface area (Å²) < 4.78 is 2.06. The number of aryl methyl sites for hydroxylation is 2. The van der Waals surface area contributed by atoms with Gasteiger partial charge in [0.25, 0.3) is 0 Å². The summed E-state index contributed by atoms with van der Waals surface area (Å²) in [5.41, 5.74) is 14.1. The van der Waals surface area contributed by atoms with Crippen LogP contribution in [0.1, 0.15) is 60.5 Å². The van der Waals surface area contributed by atoms with Crippen LogP contribution in [0.15, 0.2) is 49.2 Å². The lowest BCUT2D eigenvalue weighted by atomic mass is 9.93. The van der Waals surface area contributed by atoms with E-state index < -0.39 is 0 Å². The van der Waals surface area contributed by atoms with Crippen LogP contribution in [0.2, 0.25) is 0 Å². The number of nitrogens with zero attached hydrogens (tertiary/aromatic N) is 7. The van der Waals surface area contributed by atoms with Gasteiger partial charge in [0.2, 0.25) is 0 Å². The zero-order valence-electron chi connectivity index (χ0n) is 24.3. The van der Waals surface area contributed by atoms with Gasteiger partial charge in [0, 0.05) is 82.0 Å². The van der Waals surface area contributed by atoms with Gasteiger partial charge >= 0.3 is 0 Å². The van der Waals surface area contributed by atoms with Gasteiger partial charge < -0.3 is 25.3 Å². The van der Waals surface area contributed by atoms with Crippen LogP contribution in [0.25, 0.3) is 11.3 Å². The highest BCUT2D eigenvalue weighted by Crippen LogP contribution is 2.38. The maximum Gasteiger partial charge on any atom is 0.160 e. The third kappa shape index (κ3) is 5.05. The molecule has 1 atom stereocenters. The molecule has 5 heterocycles. The summed E-state index contributed by atoms with van der Waals surface area (Å²) in [6.45, 7) is 17.4. The van der Waals surface area contributed by atoms with E-state index in [0.29, 0.717) is 6.54 Å². The van der Waals surface area contributed by atoms with E-state index in [-0.39, 0.29) is 6.04 Å². The fraction of sp³-hybridized carbons (Fsp3) is 0.500. The second-order valence-electron chi connectivity index (χ2n) is 11.7. The average Bonchev–Trinajstić information content (AvgIpc) is 3.37. The first kappa shape index (κ1) is 26.7. The van der Waals surface area contributed by atoms with Crippen LogP contribution in [-0.2, 0) is 6.42 Å². The molecule has 2 fully saturated rings. The molecular formula is C32H44N8. The second-order valence-corrected chi connectivity index (χ2v) is 11.7. The average molecular weight is 541 g/mol. The van der Waals surface area contributed by atoms with Crippen molar-refractivity contribution in [2.24, 2.45) is 5.73 Å². The summed E-state index contributed by atoms with van der Waals surface area (Å²) in [4.78, 5) is 14.6. The normalized spacial score (nSPS) is 20.5. The Kier molecular flexibility index (Phi) is 7.45. The number of piperidine rings is 1. The van der Waals surface area contributed by atoms with Crippen molar-refractivity contribution >= 4 is 23.0 Å². The number of fused-ring (bicyclic) bond motifs is 4. The van der Waals surface area contributed by atoms with Crippen LogP contribution in [0.4, 0.5) is 11.6 Å². The van der Waals surface area contributed by atoms with Crippen LogP contribution in [0, 0.1) is 6.92 Å². The fourth-order valence-electron chi connectivity index (χ4n) is 6.40. The SMILES string of the molecule is C=C(CN)N1CCCc2ccc(C)cc2C(=C)N2CCCCC2c2cc3nc(N4CCC4)cc(n3n2)N(C)CC1. The molecule has 2 N–H and O–H groups in total. The number of likely N-dealkylation sites (N-methyl/N-ethyl adjacent to an activating group) is 1. The summed E-state index contributed by atoms with van der Waals surface area (Å²) in [6.07, 6.45) is 6.70. The molecule has 0 amide bonds. The molecule has 0 spiro atoms. The maximum atomic E-state index is 6.08. The highest BCUT2D eigenvalue weighted by molar-refractivity contribution is 5.67. The first-order chi connectivity index (χ1) is 19.4. The summed E-state index contributed by atoms with van der Waals surface area (Å²) in [5, 5.41) is 5.24. The molecule has 2 aromatic heterocycles. The summed E-state index contributed by atoms with van der Waals surface area (Å²) in [6, 6.07) is 11.5. The van der Waals surface area contributed by atoms with Gasteiger partial charge in [0.15, 0.2) is 5.65 Å². The Morgan fingerprint density at radius 3 is 2.62 bits per heavy atom. The van der Waals surface area contributed by atoms with E-state index in [1.165, 1.54) is 36.0 Å². The van der Waals surface area contributed by atoms with E-state index in [4.69, 9.17) is 22.4 Å². The Bertz CT molecular complexity index is 1400. The quantitative estimate of drug-likeness (QED) is 0.521. The molecule has 0 aliphatic carbocycles. The molecule has 6 rings (SSSR count). The van der Waals surface area contributed by atoms with E-state index in [2.05, 4.69) is 75.0 Å². The third-order valence-corrected chi connectivity index (χ3v) is 9.01. The maximum absolute atomic E-state index is 6.08. The number of aromatic nitrogens is 3. The zero-order chi connectivity index (χ0) is 27.8. The lowest BCUT2D eigenvalue weighted by Gasteiger charge is -2.38. The van der Waals surface area contributed by atoms with Crippen molar-refractivity contribution in [1.82, 2.24) is 24.4 Å². The molecule has 2 bridgehead atoms. The molecule has 3 aromatic rings. The molecule has 0 saturated carbocycles. The van der Waals surface area contributed by atoms with Crippen LogP contribution in [-0.4, -0.2) is 77.3 Å². The number of rotatable bonds is 3. The number of anilines is 2.